The largest absolute Gasteiger partial charge is 0.342 e. The minimum absolute atomic E-state index is 0. The Bertz CT molecular complexity index is 351. The van der Waals surface area contributed by atoms with Gasteiger partial charge in [0.05, 0.1) is 0 Å². The molecule has 1 amide bonds. The van der Waals surface area contributed by atoms with Gasteiger partial charge in [0.15, 0.2) is 0 Å². The summed E-state index contributed by atoms with van der Waals surface area (Å²) in [7, 11) is 0. The molecule has 2 heterocycles. The van der Waals surface area contributed by atoms with E-state index in [0.29, 0.717) is 23.8 Å². The van der Waals surface area contributed by atoms with Crippen molar-refractivity contribution in [3.63, 3.8) is 0 Å². The normalized spacial score (nSPS) is 30.5. The maximum Gasteiger partial charge on any atom is 0.226 e. The topological polar surface area (TPSA) is 58.4 Å². The predicted molar refractivity (Wildman–Crippen MR) is 94.7 cm³/mol. The van der Waals surface area contributed by atoms with Crippen LogP contribution < -0.4 is 11.1 Å². The molecule has 3 N–H and O–H groups in total. The van der Waals surface area contributed by atoms with E-state index in [0.717, 1.165) is 39.0 Å². The minimum Gasteiger partial charge on any atom is -0.342 e. The summed E-state index contributed by atoms with van der Waals surface area (Å²) in [6.07, 6.45) is 8.40. The van der Waals surface area contributed by atoms with Crippen LogP contribution in [0.25, 0.3) is 0 Å². The molecule has 6 heteroatoms. The first kappa shape index (κ1) is 20.0. The highest BCUT2D eigenvalue weighted by molar-refractivity contribution is 5.85. The fourth-order valence-electron chi connectivity index (χ4n) is 4.54. The molecule has 22 heavy (non-hydrogen) atoms. The molecule has 3 aliphatic rings. The number of carbonyl (C=O) groups is 1. The number of rotatable bonds is 2. The van der Waals surface area contributed by atoms with Gasteiger partial charge in [0, 0.05) is 19.0 Å². The van der Waals surface area contributed by atoms with Crippen LogP contribution in [0.5, 0.6) is 0 Å². The van der Waals surface area contributed by atoms with E-state index >= 15 is 0 Å². The van der Waals surface area contributed by atoms with Crippen molar-refractivity contribution in [3.05, 3.63) is 0 Å². The first-order chi connectivity index (χ1) is 9.74. The van der Waals surface area contributed by atoms with Crippen molar-refractivity contribution < 1.29 is 4.79 Å². The standard InChI is InChI=1S/C16H29N3O.2ClH/c17-12-13-2-1-3-14(13)15(20)19-10-6-16(7-11-19)4-8-18-9-5-16;;/h13-14,18H,1-12,17H2;2*1H/t13-,14-;;/m1../s1. The number of carbonyl (C=O) groups excluding carboxylic acids is 1. The molecule has 0 aromatic rings. The van der Waals surface area contributed by atoms with Gasteiger partial charge in [0.2, 0.25) is 5.91 Å². The van der Waals surface area contributed by atoms with Gasteiger partial charge < -0.3 is 16.0 Å². The fraction of sp³-hybridized carbons (Fsp3) is 0.938. The van der Waals surface area contributed by atoms with Gasteiger partial charge in [0.1, 0.15) is 0 Å². The Kier molecular flexibility index (Phi) is 7.93. The van der Waals surface area contributed by atoms with Crippen LogP contribution in [0.4, 0.5) is 0 Å². The molecule has 0 radical (unpaired) electrons. The lowest BCUT2D eigenvalue weighted by Gasteiger charge is -2.45. The van der Waals surface area contributed by atoms with E-state index in [2.05, 4.69) is 10.2 Å². The molecule has 3 rings (SSSR count). The number of halogens is 2. The van der Waals surface area contributed by atoms with Crippen LogP contribution in [-0.2, 0) is 4.79 Å². The van der Waals surface area contributed by atoms with Crippen LogP contribution in [0.2, 0.25) is 0 Å². The second kappa shape index (κ2) is 8.72. The third-order valence-electron chi connectivity index (χ3n) is 6.08. The number of hydrogen-bond donors (Lipinski definition) is 2. The van der Waals surface area contributed by atoms with Crippen LogP contribution in [0.15, 0.2) is 0 Å². The smallest absolute Gasteiger partial charge is 0.226 e. The third-order valence-corrected chi connectivity index (χ3v) is 6.08. The van der Waals surface area contributed by atoms with Crippen molar-refractivity contribution in [2.24, 2.45) is 23.0 Å². The van der Waals surface area contributed by atoms with Gasteiger partial charge in [-0.3, -0.25) is 4.79 Å². The van der Waals surface area contributed by atoms with Crippen LogP contribution in [0.1, 0.15) is 44.9 Å². The summed E-state index contributed by atoms with van der Waals surface area (Å²) >= 11 is 0. The first-order valence-corrected chi connectivity index (χ1v) is 8.44. The maximum atomic E-state index is 12.7. The first-order valence-electron chi connectivity index (χ1n) is 8.44. The highest BCUT2D eigenvalue weighted by Crippen LogP contribution is 2.41. The van der Waals surface area contributed by atoms with Crippen LogP contribution in [0, 0.1) is 17.3 Å². The molecule has 1 spiro atoms. The summed E-state index contributed by atoms with van der Waals surface area (Å²) in [4.78, 5) is 14.8. The van der Waals surface area contributed by atoms with E-state index in [4.69, 9.17) is 5.73 Å². The number of nitrogens with one attached hydrogen (secondary N) is 1. The summed E-state index contributed by atoms with van der Waals surface area (Å²) in [6.45, 7) is 4.96. The summed E-state index contributed by atoms with van der Waals surface area (Å²) in [5, 5.41) is 3.45. The van der Waals surface area contributed by atoms with Gasteiger partial charge in [-0.05, 0) is 69.5 Å². The number of nitrogens with zero attached hydrogens (tertiary/aromatic N) is 1. The second-order valence-corrected chi connectivity index (χ2v) is 7.11. The number of piperidine rings is 2. The van der Waals surface area contributed by atoms with E-state index < -0.39 is 0 Å². The van der Waals surface area contributed by atoms with Crippen molar-refractivity contribution in [2.75, 3.05) is 32.7 Å². The zero-order chi connectivity index (χ0) is 14.0. The number of likely N-dealkylation sites (tertiary alicyclic amines) is 1. The Labute approximate surface area is 146 Å². The predicted octanol–water partition coefficient (Wildman–Crippen LogP) is 2.20. The monoisotopic (exact) mass is 351 g/mol. The average molecular weight is 352 g/mol. The Balaban J connectivity index is 0.00000121. The molecular weight excluding hydrogens is 321 g/mol. The lowest BCUT2D eigenvalue weighted by Crippen LogP contribution is -2.49. The van der Waals surface area contributed by atoms with Gasteiger partial charge in [-0.2, -0.15) is 0 Å². The molecule has 2 atom stereocenters. The van der Waals surface area contributed by atoms with E-state index in [1.165, 1.54) is 32.1 Å². The Hall–Kier alpha value is -0.0300. The van der Waals surface area contributed by atoms with Crippen LogP contribution in [-0.4, -0.2) is 43.5 Å². The summed E-state index contributed by atoms with van der Waals surface area (Å²) < 4.78 is 0. The molecule has 0 bridgehead atoms. The quantitative estimate of drug-likeness (QED) is 0.801. The number of amides is 1. The van der Waals surface area contributed by atoms with Gasteiger partial charge in [-0.15, -0.1) is 24.8 Å². The number of hydrogen-bond acceptors (Lipinski definition) is 3. The minimum atomic E-state index is 0. The van der Waals surface area contributed by atoms with Crippen molar-refractivity contribution in [3.8, 4) is 0 Å². The molecule has 1 aliphatic carbocycles. The average Bonchev–Trinajstić information content (AvgIpc) is 2.97. The summed E-state index contributed by atoms with van der Waals surface area (Å²) in [5.74, 6) is 1.07. The van der Waals surface area contributed by atoms with Gasteiger partial charge in [-0.1, -0.05) is 6.42 Å². The van der Waals surface area contributed by atoms with Crippen molar-refractivity contribution in [1.82, 2.24) is 10.2 Å². The maximum absolute atomic E-state index is 12.7. The molecule has 2 aliphatic heterocycles. The fourth-order valence-corrected chi connectivity index (χ4v) is 4.54. The SMILES string of the molecule is Cl.Cl.NC[C@H]1CCC[C@H]1C(=O)N1CCC2(CCNCC2)CC1. The van der Waals surface area contributed by atoms with E-state index in [1.807, 2.05) is 0 Å². The Morgan fingerprint density at radius 1 is 1.09 bits per heavy atom. The lowest BCUT2D eigenvalue weighted by molar-refractivity contribution is -0.139. The zero-order valence-electron chi connectivity index (χ0n) is 13.4. The Morgan fingerprint density at radius 2 is 1.73 bits per heavy atom. The lowest BCUT2D eigenvalue weighted by atomic mass is 9.71. The van der Waals surface area contributed by atoms with Crippen molar-refractivity contribution in [1.29, 1.82) is 0 Å². The highest BCUT2D eigenvalue weighted by atomic mass is 35.5. The molecule has 1 saturated carbocycles. The van der Waals surface area contributed by atoms with E-state index in [1.54, 1.807) is 0 Å². The zero-order valence-corrected chi connectivity index (χ0v) is 15.0. The highest BCUT2D eigenvalue weighted by Gasteiger charge is 2.40. The molecule has 4 nitrogen and oxygen atoms in total. The second-order valence-electron chi connectivity index (χ2n) is 7.11. The molecule has 2 saturated heterocycles. The van der Waals surface area contributed by atoms with Gasteiger partial charge in [-0.25, -0.2) is 0 Å². The van der Waals surface area contributed by atoms with Crippen molar-refractivity contribution in [2.45, 2.75) is 44.9 Å². The van der Waals surface area contributed by atoms with Gasteiger partial charge in [0.25, 0.3) is 0 Å². The van der Waals surface area contributed by atoms with Crippen molar-refractivity contribution >= 4 is 30.7 Å². The number of nitrogens with two attached hydrogens (primary N) is 1. The molecule has 3 fully saturated rings. The molecule has 0 unspecified atom stereocenters. The van der Waals surface area contributed by atoms with Gasteiger partial charge >= 0.3 is 0 Å². The van der Waals surface area contributed by atoms with E-state index in [-0.39, 0.29) is 30.7 Å². The molecular formula is C16H31Cl2N3O. The van der Waals surface area contributed by atoms with Crippen LogP contribution >= 0.6 is 24.8 Å². The molecule has 130 valence electrons. The molecule has 0 aromatic heterocycles. The summed E-state index contributed by atoms with van der Waals surface area (Å²) in [6, 6.07) is 0. The van der Waals surface area contributed by atoms with Crippen LogP contribution in [0.3, 0.4) is 0 Å². The van der Waals surface area contributed by atoms with E-state index in [9.17, 15) is 4.79 Å². The molecule has 0 aromatic carbocycles. The Morgan fingerprint density at radius 3 is 2.32 bits per heavy atom. The third kappa shape index (κ3) is 4.08. The summed E-state index contributed by atoms with van der Waals surface area (Å²) in [5.41, 5.74) is 6.36.